The minimum Gasteiger partial charge on any atom is -0.462 e. The van der Waals surface area contributed by atoms with Crippen LogP contribution in [0.4, 0.5) is 0 Å². The van der Waals surface area contributed by atoms with Gasteiger partial charge in [-0.15, -0.1) is 40.9 Å². The van der Waals surface area contributed by atoms with Crippen LogP contribution in [0.15, 0.2) is 293 Å². The van der Waals surface area contributed by atoms with E-state index in [2.05, 4.69) is 180 Å². The molecule has 4 aliphatic rings. The van der Waals surface area contributed by atoms with Gasteiger partial charge in [0.25, 0.3) is 0 Å². The first-order valence-corrected chi connectivity index (χ1v) is 44.9. The van der Waals surface area contributed by atoms with Crippen LogP contribution in [-0.4, -0.2) is 74.7 Å². The number of allylic oxidation sites excluding steroid dienone is 4. The van der Waals surface area contributed by atoms with E-state index < -0.39 is 36.2 Å². The maximum Gasteiger partial charge on any atom is 0.338 e. The topological polar surface area (TPSA) is 142 Å². The van der Waals surface area contributed by atoms with Crippen molar-refractivity contribution < 1.29 is 60.2 Å². The molecule has 0 bridgehead atoms. The lowest BCUT2D eigenvalue weighted by atomic mass is 9.79. The van der Waals surface area contributed by atoms with E-state index >= 15 is 0 Å². The van der Waals surface area contributed by atoms with Crippen molar-refractivity contribution in [3.05, 3.63) is 382 Å². The van der Waals surface area contributed by atoms with Gasteiger partial charge in [-0.1, -0.05) is 273 Å². The number of aryl methyl sites for hydroxylation is 2. The lowest BCUT2D eigenvalue weighted by molar-refractivity contribution is -0.326. The molecule has 2 saturated carbocycles. The molecule has 0 N–H and O–H groups in total. The van der Waals surface area contributed by atoms with Gasteiger partial charge in [-0.3, -0.25) is 0 Å². The summed E-state index contributed by atoms with van der Waals surface area (Å²) in [5.41, 5.74) is 17.6. The van der Waals surface area contributed by atoms with Crippen molar-refractivity contribution >= 4 is 75.9 Å². The van der Waals surface area contributed by atoms with Gasteiger partial charge in [-0.2, -0.15) is 0 Å². The smallest absolute Gasteiger partial charge is 0.338 e. The highest BCUT2D eigenvalue weighted by atomic mass is 31.0. The van der Waals surface area contributed by atoms with Crippen LogP contribution in [0.1, 0.15) is 222 Å². The van der Waals surface area contributed by atoms with Gasteiger partial charge in [-0.25, -0.2) is 29.0 Å². The minimum absolute atomic E-state index is 0. The summed E-state index contributed by atoms with van der Waals surface area (Å²) in [7, 11) is 8.09. The molecular weight excluding hydrogens is 1560 g/mol. The summed E-state index contributed by atoms with van der Waals surface area (Å²) in [6.07, 6.45) is 28.9. The van der Waals surface area contributed by atoms with Gasteiger partial charge >= 0.3 is 23.9 Å². The van der Waals surface area contributed by atoms with Crippen LogP contribution in [0.25, 0.3) is 24.3 Å². The molecule has 0 spiro atoms. The summed E-state index contributed by atoms with van der Waals surface area (Å²) in [5.74, 6) is 1.18. The number of hydrogen-bond donors (Lipinski definition) is 0. The van der Waals surface area contributed by atoms with Crippen molar-refractivity contribution in [3.63, 3.8) is 0 Å². The summed E-state index contributed by atoms with van der Waals surface area (Å²) < 4.78 is 35.0. The van der Waals surface area contributed by atoms with E-state index in [-0.39, 0.29) is 40.3 Å². The molecule has 4 unspecified atom stereocenters. The molecule has 13 rings (SSSR count). The molecule has 2 aliphatic carbocycles. The number of carbonyl (C=O) groups is 4. The molecule has 2 aliphatic heterocycles. The predicted molar refractivity (Wildman–Crippen MR) is 509 cm³/mol. The Labute approximate surface area is 729 Å². The maximum atomic E-state index is 13.7. The molecule has 10 atom stereocenters. The molecule has 0 radical (unpaired) electrons. The summed E-state index contributed by atoms with van der Waals surface area (Å²) in [6, 6.07) is 75.1. The molecule has 9 aromatic rings. The molecule has 2 saturated heterocycles. The van der Waals surface area contributed by atoms with Gasteiger partial charge in [0.05, 0.1) is 36.5 Å². The molecule has 4 fully saturated rings. The van der Waals surface area contributed by atoms with E-state index in [1.54, 1.807) is 18.2 Å². The standard InChI is InChI=1S/C44H46O4.C28H28O6.C18H27O2P.2C8H11P.2H2/c1-3-31-15-19-33(20-16-31)35-23-27-39(28-24-35)43(45)47-41(37-11-7-5-8-12-37)42(38-13-9-6-10-14-38)48-44(46)40-29-25-36(26-30-40)34-21-17-32(4-2)18-22-34;1-3-20-7-11-22(12-8-20)6-5-17-32-34-25-19-31-27-24(18-30-28(25)27)33-26(29)16-15-23-13-9-21(4-2)10-14-23;1-14(2)5-4-6-15(3)11-12-20-18(19)17-9-7-16(13-21)8-10-17;2*1-7-2-4-8(6-9)5-3-7;;/h3-14,23-34,41-42H,1-2,15-22H2;3-16,24-25,27-28H,1-2,17-19H2;5,7-10,15H,4,6,11-13,21H2,1-3H3;2*2-5H,6,9H2,1H3;2*1H/b;6-5+,16-15-;;;;;/t31?,32?,33?,34?,41-,42-;24-,25+,27-,28-;;;;;/m11...../s1/i;;;;;2*1+1. The molecule has 2 heterocycles. The summed E-state index contributed by atoms with van der Waals surface area (Å²) in [4.78, 5) is 62.4. The molecule has 0 aromatic heterocycles. The Bertz CT molecular complexity index is 4560. The second kappa shape index (κ2) is 51.8. The lowest BCUT2D eigenvalue weighted by Crippen LogP contribution is -2.34. The van der Waals surface area contributed by atoms with Crippen molar-refractivity contribution in [1.82, 2.24) is 0 Å². The Morgan fingerprint density at radius 1 is 0.471 bits per heavy atom. The second-order valence-corrected chi connectivity index (χ2v) is 32.8. The summed E-state index contributed by atoms with van der Waals surface area (Å²) in [6.45, 7) is 27.4. The van der Waals surface area contributed by atoms with Crippen LogP contribution in [0.2, 0.25) is 0 Å². The van der Waals surface area contributed by atoms with E-state index in [1.807, 2.05) is 170 Å². The van der Waals surface area contributed by atoms with Crippen molar-refractivity contribution in [2.24, 2.45) is 17.8 Å². The van der Waals surface area contributed by atoms with E-state index in [9.17, 15) is 19.2 Å². The summed E-state index contributed by atoms with van der Waals surface area (Å²) in [5, 5.41) is 0. The first kappa shape index (κ1) is 95.0. The van der Waals surface area contributed by atoms with E-state index in [0.29, 0.717) is 59.5 Å². The average Bonchev–Trinajstić information content (AvgIpc) is 1.71. The fourth-order valence-corrected chi connectivity index (χ4v) is 15.5. The highest BCUT2D eigenvalue weighted by Crippen LogP contribution is 2.41. The van der Waals surface area contributed by atoms with E-state index in [0.717, 1.165) is 122 Å². The highest BCUT2D eigenvalue weighted by Gasteiger charge is 2.51. The van der Waals surface area contributed by atoms with Crippen molar-refractivity contribution in [3.8, 4) is 0 Å². The molecular formula is C106H127O12P3. The Morgan fingerprint density at radius 3 is 1.29 bits per heavy atom. The number of esters is 4. The Balaban J connectivity index is 0.000000240. The van der Waals surface area contributed by atoms with Crippen LogP contribution >= 0.6 is 27.7 Å². The molecule has 15 heteroatoms. The van der Waals surface area contributed by atoms with Crippen LogP contribution in [0.5, 0.6) is 0 Å². The zero-order valence-electron chi connectivity index (χ0n) is 71.2. The highest BCUT2D eigenvalue weighted by molar-refractivity contribution is 7.15. The van der Waals surface area contributed by atoms with Gasteiger partial charge < -0.3 is 28.4 Å². The van der Waals surface area contributed by atoms with Crippen LogP contribution < -0.4 is 0 Å². The van der Waals surface area contributed by atoms with Crippen molar-refractivity contribution in [2.75, 3.05) is 26.4 Å². The average molecular weight is 1690 g/mol. The Kier molecular flexibility index (Phi) is 40.7. The lowest BCUT2D eigenvalue weighted by Gasteiger charge is -2.28. The van der Waals surface area contributed by atoms with Gasteiger partial charge in [0.2, 0.25) is 0 Å². The Morgan fingerprint density at radius 2 is 0.868 bits per heavy atom. The third-order valence-corrected chi connectivity index (χ3v) is 23.7. The van der Waals surface area contributed by atoms with Crippen LogP contribution in [0.3, 0.4) is 0 Å². The monoisotopic (exact) mass is 1690 g/mol. The molecule has 9 aromatic carbocycles. The molecule has 638 valence electrons. The molecule has 12 nitrogen and oxygen atoms in total. The van der Waals surface area contributed by atoms with Gasteiger partial charge in [-0.05, 0) is 250 Å². The normalized spacial score (nSPS) is 18.9. The first-order valence-electron chi connectivity index (χ1n) is 42.5. The van der Waals surface area contributed by atoms with Crippen LogP contribution in [0, 0.1) is 31.6 Å². The SMILES string of the molecule is C=CC1CCC(c2ccc(C(=O)O[C@H](c3ccccc3)[C@H](OC(=O)c3ccc(C4CCC(C=C)CC4)cc3)c3ccccc3)cc2)CC1.C=Cc1ccc(/C=C\C(=O)O[C@@H]2CO[C@H]3[C@@H]2OC[C@@H]3OOC/C=C/c2ccc(C=C)cc2)cc1.CC(C)=CCCC(C)CCOC(=O)c1ccc(CP)cc1.Cc1ccc(CP)cc1.Cc1ccc(CP)cc1.[2HH].[2HH]. The maximum absolute atomic E-state index is 13.7. The number of carbonyl (C=O) groups excluding carboxylic acids is 4. The fraction of sp³-hybridized carbons (Fsp3) is 0.321. The minimum atomic E-state index is -0.863. The van der Waals surface area contributed by atoms with Crippen molar-refractivity contribution in [2.45, 2.75) is 172 Å². The van der Waals surface area contributed by atoms with E-state index in [4.69, 9.17) is 38.2 Å². The predicted octanol–water partition coefficient (Wildman–Crippen LogP) is 26.1. The third kappa shape index (κ3) is 31.9. The number of ether oxygens (including phenoxy) is 6. The van der Waals surface area contributed by atoms with Crippen molar-refractivity contribution in [1.29, 1.82) is 0 Å². The van der Waals surface area contributed by atoms with Gasteiger partial charge in [0.1, 0.15) is 24.9 Å². The number of benzene rings is 9. The Hall–Kier alpha value is -9.83. The number of fused-ring (bicyclic) bond motifs is 1. The van der Waals surface area contributed by atoms with Gasteiger partial charge in [0, 0.05) is 8.93 Å². The third-order valence-electron chi connectivity index (χ3n) is 22.3. The molecule has 121 heavy (non-hydrogen) atoms. The number of hydrogen-bond acceptors (Lipinski definition) is 12. The number of rotatable bonds is 31. The zero-order chi connectivity index (χ0) is 86.1. The van der Waals surface area contributed by atoms with Gasteiger partial charge in [0.15, 0.2) is 18.3 Å². The van der Waals surface area contributed by atoms with E-state index in [1.165, 1.54) is 50.6 Å². The largest absolute Gasteiger partial charge is 0.462 e. The summed E-state index contributed by atoms with van der Waals surface area (Å²) >= 11 is 0. The first-order chi connectivity index (χ1) is 58.8. The fourth-order valence-electron chi connectivity index (χ4n) is 14.7. The molecule has 0 amide bonds. The quantitative estimate of drug-likeness (QED) is 0.00596. The van der Waals surface area contributed by atoms with Crippen LogP contribution in [-0.2, 0) is 61.5 Å². The second-order valence-electron chi connectivity index (χ2n) is 31.5. The zero-order valence-corrected chi connectivity index (χ0v) is 74.6.